The van der Waals surface area contributed by atoms with Crippen molar-refractivity contribution in [2.45, 2.75) is 6.54 Å². The van der Waals surface area contributed by atoms with E-state index >= 15 is 0 Å². The number of aromatic nitrogens is 1. The number of pyridine rings is 1. The first-order chi connectivity index (χ1) is 15.7. The molecule has 4 nitrogen and oxygen atoms in total. The first-order valence-corrected chi connectivity index (χ1v) is 11.7. The van der Waals surface area contributed by atoms with Crippen LogP contribution in [0.4, 0.5) is 0 Å². The summed E-state index contributed by atoms with van der Waals surface area (Å²) < 4.78 is 0.993. The minimum Gasteiger partial charge on any atom is -0.336 e. The smallest absolute Gasteiger partial charge is 0.254 e. The summed E-state index contributed by atoms with van der Waals surface area (Å²) in [4.78, 5) is 22.8. The molecule has 1 aromatic heterocycles. The maximum absolute atomic E-state index is 13.6. The quantitative estimate of drug-likeness (QED) is 0.376. The molecule has 0 saturated carbocycles. The van der Waals surface area contributed by atoms with Crippen molar-refractivity contribution in [1.82, 2.24) is 14.8 Å². The van der Waals surface area contributed by atoms with Crippen molar-refractivity contribution in [1.29, 1.82) is 0 Å². The number of piperazine rings is 1. The number of hydrogen-bond acceptors (Lipinski definition) is 3. The molecule has 1 saturated heterocycles. The SMILES string of the molecule is O=C(c1cc(-c2cccc(Br)c2)nc2ccccc12)N1CCN(Cc2ccccc2)CC1. The van der Waals surface area contributed by atoms with E-state index in [0.717, 1.165) is 64.9 Å². The Morgan fingerprint density at radius 2 is 1.59 bits per heavy atom. The number of fused-ring (bicyclic) bond motifs is 1. The molecule has 0 bridgehead atoms. The predicted octanol–water partition coefficient (Wildman–Crippen LogP) is 5.62. The maximum Gasteiger partial charge on any atom is 0.254 e. The van der Waals surface area contributed by atoms with Gasteiger partial charge in [-0.05, 0) is 29.8 Å². The van der Waals surface area contributed by atoms with Crippen LogP contribution in [0.1, 0.15) is 15.9 Å². The Kier molecular flexibility index (Phi) is 6.02. The molecule has 5 rings (SSSR count). The van der Waals surface area contributed by atoms with Gasteiger partial charge in [-0.25, -0.2) is 4.98 Å². The van der Waals surface area contributed by atoms with Gasteiger partial charge in [0.2, 0.25) is 0 Å². The minimum absolute atomic E-state index is 0.0826. The van der Waals surface area contributed by atoms with Crippen LogP contribution in [0.5, 0.6) is 0 Å². The fourth-order valence-corrected chi connectivity index (χ4v) is 4.67. The third-order valence-corrected chi connectivity index (χ3v) is 6.47. The van der Waals surface area contributed by atoms with Gasteiger partial charge in [0.25, 0.3) is 5.91 Å². The molecule has 0 atom stereocenters. The third-order valence-electron chi connectivity index (χ3n) is 5.98. The highest BCUT2D eigenvalue weighted by atomic mass is 79.9. The molecular formula is C27H24BrN3O. The summed E-state index contributed by atoms with van der Waals surface area (Å²) >= 11 is 3.54. The third kappa shape index (κ3) is 4.45. The molecule has 1 aliphatic heterocycles. The summed E-state index contributed by atoms with van der Waals surface area (Å²) in [5, 5.41) is 0.906. The Morgan fingerprint density at radius 3 is 2.38 bits per heavy atom. The largest absolute Gasteiger partial charge is 0.336 e. The molecule has 5 heteroatoms. The standard InChI is InChI=1S/C27H24BrN3O/c28-22-10-6-9-21(17-22)26-18-24(23-11-4-5-12-25(23)29-26)27(32)31-15-13-30(14-16-31)19-20-7-2-1-3-8-20/h1-12,17-18H,13-16,19H2. The number of benzene rings is 3. The van der Waals surface area contributed by atoms with Crippen LogP contribution in [0.2, 0.25) is 0 Å². The Bertz CT molecular complexity index is 1250. The van der Waals surface area contributed by atoms with Crippen LogP contribution in [0.3, 0.4) is 0 Å². The van der Waals surface area contributed by atoms with Crippen LogP contribution in [-0.2, 0) is 6.54 Å². The van der Waals surface area contributed by atoms with Crippen LogP contribution >= 0.6 is 15.9 Å². The van der Waals surface area contributed by atoms with E-state index in [9.17, 15) is 4.79 Å². The van der Waals surface area contributed by atoms with E-state index in [2.05, 4.69) is 45.1 Å². The highest BCUT2D eigenvalue weighted by Crippen LogP contribution is 2.28. The molecule has 0 radical (unpaired) electrons. The van der Waals surface area contributed by atoms with E-state index in [1.54, 1.807) is 0 Å². The number of halogens is 1. The molecule has 160 valence electrons. The van der Waals surface area contributed by atoms with Crippen molar-refractivity contribution in [3.63, 3.8) is 0 Å². The second-order valence-corrected chi connectivity index (χ2v) is 9.05. The van der Waals surface area contributed by atoms with Gasteiger partial charge in [-0.15, -0.1) is 0 Å². The average Bonchev–Trinajstić information content (AvgIpc) is 2.84. The molecule has 0 N–H and O–H groups in total. The van der Waals surface area contributed by atoms with Crippen LogP contribution in [0, 0.1) is 0 Å². The lowest BCUT2D eigenvalue weighted by Crippen LogP contribution is -2.48. The van der Waals surface area contributed by atoms with Crippen molar-refractivity contribution in [3.8, 4) is 11.3 Å². The molecule has 3 aromatic carbocycles. The lowest BCUT2D eigenvalue weighted by atomic mass is 10.0. The van der Waals surface area contributed by atoms with E-state index in [1.807, 2.05) is 65.6 Å². The molecule has 1 aliphatic rings. The second-order valence-electron chi connectivity index (χ2n) is 8.14. The van der Waals surface area contributed by atoms with E-state index in [4.69, 9.17) is 4.98 Å². The second kappa shape index (κ2) is 9.23. The highest BCUT2D eigenvalue weighted by molar-refractivity contribution is 9.10. The lowest BCUT2D eigenvalue weighted by Gasteiger charge is -2.35. The lowest BCUT2D eigenvalue weighted by molar-refractivity contribution is 0.0630. The Hall–Kier alpha value is -3.02. The topological polar surface area (TPSA) is 36.4 Å². The Labute approximate surface area is 196 Å². The molecule has 4 aromatic rings. The van der Waals surface area contributed by atoms with Gasteiger partial charge in [0.15, 0.2) is 0 Å². The number of rotatable bonds is 4. The zero-order chi connectivity index (χ0) is 21.9. The monoisotopic (exact) mass is 485 g/mol. The zero-order valence-corrected chi connectivity index (χ0v) is 19.3. The minimum atomic E-state index is 0.0826. The molecule has 1 amide bonds. The maximum atomic E-state index is 13.6. The molecule has 32 heavy (non-hydrogen) atoms. The van der Waals surface area contributed by atoms with E-state index in [-0.39, 0.29) is 5.91 Å². The summed E-state index contributed by atoms with van der Waals surface area (Å²) in [5.74, 6) is 0.0826. The molecule has 2 heterocycles. The number of carbonyl (C=O) groups excluding carboxylic acids is 1. The van der Waals surface area contributed by atoms with Gasteiger partial charge >= 0.3 is 0 Å². The summed E-state index contributed by atoms with van der Waals surface area (Å²) in [6.07, 6.45) is 0. The molecule has 0 unspecified atom stereocenters. The van der Waals surface area contributed by atoms with Crippen LogP contribution < -0.4 is 0 Å². The number of hydrogen-bond donors (Lipinski definition) is 0. The summed E-state index contributed by atoms with van der Waals surface area (Å²) in [6, 6.07) is 28.4. The summed E-state index contributed by atoms with van der Waals surface area (Å²) in [6.45, 7) is 4.14. The van der Waals surface area contributed by atoms with Crippen molar-refractivity contribution in [2.24, 2.45) is 0 Å². The van der Waals surface area contributed by atoms with Crippen molar-refractivity contribution < 1.29 is 4.79 Å². The average molecular weight is 486 g/mol. The summed E-state index contributed by atoms with van der Waals surface area (Å²) in [5.41, 5.74) is 4.69. The number of para-hydroxylation sites is 1. The van der Waals surface area contributed by atoms with Crippen LogP contribution in [0.25, 0.3) is 22.2 Å². The van der Waals surface area contributed by atoms with Crippen molar-refractivity contribution >= 4 is 32.7 Å². The van der Waals surface area contributed by atoms with Gasteiger partial charge in [0.05, 0.1) is 16.8 Å². The predicted molar refractivity (Wildman–Crippen MR) is 133 cm³/mol. The number of nitrogens with zero attached hydrogens (tertiary/aromatic N) is 3. The number of carbonyl (C=O) groups is 1. The van der Waals surface area contributed by atoms with E-state index in [0.29, 0.717) is 0 Å². The fourth-order valence-electron chi connectivity index (χ4n) is 4.27. The Balaban J connectivity index is 1.40. The van der Waals surface area contributed by atoms with E-state index in [1.165, 1.54) is 5.56 Å². The van der Waals surface area contributed by atoms with Gasteiger partial charge in [-0.2, -0.15) is 0 Å². The van der Waals surface area contributed by atoms with Gasteiger partial charge < -0.3 is 4.90 Å². The molecule has 0 spiro atoms. The fraction of sp³-hybridized carbons (Fsp3) is 0.185. The van der Waals surface area contributed by atoms with Gasteiger partial charge in [0, 0.05) is 48.1 Å². The molecule has 1 fully saturated rings. The number of amides is 1. The first kappa shape index (κ1) is 20.9. The molecular weight excluding hydrogens is 462 g/mol. The van der Waals surface area contributed by atoms with Gasteiger partial charge in [0.1, 0.15) is 0 Å². The van der Waals surface area contributed by atoms with Gasteiger partial charge in [-0.1, -0.05) is 76.6 Å². The zero-order valence-electron chi connectivity index (χ0n) is 17.7. The first-order valence-electron chi connectivity index (χ1n) is 10.9. The van der Waals surface area contributed by atoms with Crippen LogP contribution in [0.15, 0.2) is 89.4 Å². The molecule has 0 aliphatic carbocycles. The summed E-state index contributed by atoms with van der Waals surface area (Å²) in [7, 11) is 0. The van der Waals surface area contributed by atoms with Gasteiger partial charge in [-0.3, -0.25) is 9.69 Å². The van der Waals surface area contributed by atoms with Crippen LogP contribution in [-0.4, -0.2) is 46.9 Å². The van der Waals surface area contributed by atoms with Crippen molar-refractivity contribution in [3.05, 3.63) is 101 Å². The van der Waals surface area contributed by atoms with Crippen molar-refractivity contribution in [2.75, 3.05) is 26.2 Å². The Morgan fingerprint density at radius 1 is 0.844 bits per heavy atom. The van der Waals surface area contributed by atoms with E-state index < -0.39 is 0 Å². The normalized spacial score (nSPS) is 14.6. The highest BCUT2D eigenvalue weighted by Gasteiger charge is 2.24.